The second kappa shape index (κ2) is 4.80. The normalized spacial score (nSPS) is 19.2. The predicted molar refractivity (Wildman–Crippen MR) is 71.4 cm³/mol. The topological polar surface area (TPSA) is 49.4 Å². The van der Waals surface area contributed by atoms with Crippen molar-refractivity contribution in [2.24, 2.45) is 11.8 Å². The van der Waals surface area contributed by atoms with E-state index in [-0.39, 0.29) is 23.7 Å². The van der Waals surface area contributed by atoms with Gasteiger partial charge in [-0.1, -0.05) is 32.9 Å². The molecule has 96 valence electrons. The van der Waals surface area contributed by atoms with Crippen molar-refractivity contribution in [2.75, 3.05) is 16.8 Å². The Morgan fingerprint density at radius 1 is 1.39 bits per heavy atom. The highest BCUT2D eigenvalue weighted by atomic mass is 16.2. The van der Waals surface area contributed by atoms with Crippen molar-refractivity contribution < 1.29 is 9.59 Å². The molecule has 18 heavy (non-hydrogen) atoms. The fourth-order valence-electron chi connectivity index (χ4n) is 2.05. The van der Waals surface area contributed by atoms with E-state index < -0.39 is 0 Å². The number of rotatable bonds is 1. The fraction of sp³-hybridized carbons (Fsp3) is 0.429. The summed E-state index contributed by atoms with van der Waals surface area (Å²) in [5.41, 5.74) is 1.50. The van der Waals surface area contributed by atoms with Crippen molar-refractivity contribution in [3.05, 3.63) is 24.3 Å². The van der Waals surface area contributed by atoms with Crippen LogP contribution in [0.2, 0.25) is 0 Å². The zero-order valence-corrected chi connectivity index (χ0v) is 10.9. The second-order valence-corrected chi connectivity index (χ2v) is 5.01. The molecule has 0 aliphatic carbocycles. The van der Waals surface area contributed by atoms with Gasteiger partial charge in [0.15, 0.2) is 0 Å². The Hall–Kier alpha value is -1.84. The summed E-state index contributed by atoms with van der Waals surface area (Å²) in [4.78, 5) is 25.8. The van der Waals surface area contributed by atoms with Crippen LogP contribution in [0.4, 0.5) is 11.4 Å². The third kappa shape index (κ3) is 2.23. The summed E-state index contributed by atoms with van der Waals surface area (Å²) in [5.74, 6) is -0.286. The predicted octanol–water partition coefficient (Wildman–Crippen LogP) is 2.26. The van der Waals surface area contributed by atoms with Gasteiger partial charge in [-0.3, -0.25) is 9.59 Å². The number of hydrogen-bond acceptors (Lipinski definition) is 2. The number of fused-ring (bicyclic) bond motifs is 1. The SMILES string of the molecule is CC(C)C(=O)N1C[C@H](C)C(=O)Nc2ccccc21. The molecule has 4 heteroatoms. The zero-order valence-electron chi connectivity index (χ0n) is 10.9. The molecule has 2 amide bonds. The van der Waals surface area contributed by atoms with Gasteiger partial charge < -0.3 is 10.2 Å². The Kier molecular flexibility index (Phi) is 3.36. The van der Waals surface area contributed by atoms with Crippen LogP contribution in [-0.4, -0.2) is 18.4 Å². The molecule has 4 nitrogen and oxygen atoms in total. The van der Waals surface area contributed by atoms with Crippen LogP contribution in [0.1, 0.15) is 20.8 Å². The summed E-state index contributed by atoms with van der Waals surface area (Å²) >= 11 is 0. The van der Waals surface area contributed by atoms with Crippen LogP contribution in [0.5, 0.6) is 0 Å². The molecule has 2 rings (SSSR count). The Balaban J connectivity index is 2.46. The Morgan fingerprint density at radius 3 is 2.72 bits per heavy atom. The minimum Gasteiger partial charge on any atom is -0.324 e. The van der Waals surface area contributed by atoms with Gasteiger partial charge in [0.25, 0.3) is 0 Å². The summed E-state index contributed by atoms with van der Waals surface area (Å²) in [7, 11) is 0. The van der Waals surface area contributed by atoms with Crippen molar-refractivity contribution in [1.29, 1.82) is 0 Å². The van der Waals surface area contributed by atoms with Gasteiger partial charge in [-0.2, -0.15) is 0 Å². The van der Waals surface area contributed by atoms with Gasteiger partial charge in [-0.05, 0) is 12.1 Å². The van der Waals surface area contributed by atoms with E-state index in [4.69, 9.17) is 0 Å². The monoisotopic (exact) mass is 246 g/mol. The first-order chi connectivity index (χ1) is 8.50. The summed E-state index contributed by atoms with van der Waals surface area (Å²) in [6.45, 7) is 6.01. The first-order valence-corrected chi connectivity index (χ1v) is 6.22. The number of nitrogens with one attached hydrogen (secondary N) is 1. The molecule has 0 unspecified atom stereocenters. The van der Waals surface area contributed by atoms with E-state index in [1.165, 1.54) is 0 Å². The van der Waals surface area contributed by atoms with Gasteiger partial charge in [0.1, 0.15) is 0 Å². The summed E-state index contributed by atoms with van der Waals surface area (Å²) < 4.78 is 0. The third-order valence-electron chi connectivity index (χ3n) is 3.12. The molecule has 1 heterocycles. The number of hydrogen-bond donors (Lipinski definition) is 1. The molecule has 1 N–H and O–H groups in total. The number of carbonyl (C=O) groups is 2. The molecule has 1 aliphatic heterocycles. The van der Waals surface area contributed by atoms with Crippen LogP contribution in [0, 0.1) is 11.8 Å². The first-order valence-electron chi connectivity index (χ1n) is 6.22. The first kappa shape index (κ1) is 12.6. The Labute approximate surface area is 107 Å². The minimum absolute atomic E-state index is 0.0403. The van der Waals surface area contributed by atoms with Gasteiger partial charge >= 0.3 is 0 Å². The van der Waals surface area contributed by atoms with Crippen molar-refractivity contribution in [2.45, 2.75) is 20.8 Å². The van der Waals surface area contributed by atoms with Gasteiger partial charge in [-0.15, -0.1) is 0 Å². The third-order valence-corrected chi connectivity index (χ3v) is 3.12. The minimum atomic E-state index is -0.208. The molecular formula is C14H18N2O2. The highest BCUT2D eigenvalue weighted by Gasteiger charge is 2.29. The molecule has 1 aromatic carbocycles. The van der Waals surface area contributed by atoms with Crippen LogP contribution < -0.4 is 10.2 Å². The van der Waals surface area contributed by atoms with Gasteiger partial charge in [0, 0.05) is 12.5 Å². The van der Waals surface area contributed by atoms with Crippen molar-refractivity contribution >= 4 is 23.2 Å². The average molecular weight is 246 g/mol. The van der Waals surface area contributed by atoms with Crippen molar-refractivity contribution in [3.63, 3.8) is 0 Å². The van der Waals surface area contributed by atoms with Crippen LogP contribution in [0.25, 0.3) is 0 Å². The summed E-state index contributed by atoms with van der Waals surface area (Å²) in [6.07, 6.45) is 0. The molecular weight excluding hydrogens is 228 g/mol. The van der Waals surface area contributed by atoms with E-state index in [1.54, 1.807) is 4.90 Å². The quantitative estimate of drug-likeness (QED) is 0.826. The van der Waals surface area contributed by atoms with Gasteiger partial charge in [-0.25, -0.2) is 0 Å². The van der Waals surface area contributed by atoms with E-state index in [0.717, 1.165) is 5.69 Å². The van der Waals surface area contributed by atoms with E-state index in [9.17, 15) is 9.59 Å². The number of para-hydroxylation sites is 2. The smallest absolute Gasteiger partial charge is 0.229 e. The Bertz CT molecular complexity index is 482. The lowest BCUT2D eigenvalue weighted by Crippen LogP contribution is -2.38. The number of benzene rings is 1. The summed E-state index contributed by atoms with van der Waals surface area (Å²) in [5, 5.41) is 2.86. The lowest BCUT2D eigenvalue weighted by molar-refractivity contribution is -0.122. The molecule has 0 saturated carbocycles. The maximum absolute atomic E-state index is 12.3. The molecule has 0 spiro atoms. The standard InChI is InChI=1S/C14H18N2O2/c1-9(2)14(18)16-8-10(3)13(17)15-11-6-4-5-7-12(11)16/h4-7,9-10H,8H2,1-3H3,(H,15,17)/t10-/m0/s1. The molecule has 1 atom stereocenters. The molecule has 0 aromatic heterocycles. The van der Waals surface area contributed by atoms with Crippen molar-refractivity contribution in [1.82, 2.24) is 0 Å². The van der Waals surface area contributed by atoms with Gasteiger partial charge in [0.05, 0.1) is 17.3 Å². The van der Waals surface area contributed by atoms with E-state index in [2.05, 4.69) is 5.32 Å². The Morgan fingerprint density at radius 2 is 2.06 bits per heavy atom. The highest BCUT2D eigenvalue weighted by Crippen LogP contribution is 2.30. The van der Waals surface area contributed by atoms with Crippen molar-refractivity contribution in [3.8, 4) is 0 Å². The lowest BCUT2D eigenvalue weighted by atomic mass is 10.1. The number of anilines is 2. The van der Waals surface area contributed by atoms with Crippen LogP contribution in [0.15, 0.2) is 24.3 Å². The van der Waals surface area contributed by atoms with E-state index in [0.29, 0.717) is 12.2 Å². The molecule has 1 aromatic rings. The maximum atomic E-state index is 12.3. The molecule has 0 radical (unpaired) electrons. The molecule has 0 bridgehead atoms. The van der Waals surface area contributed by atoms with E-state index >= 15 is 0 Å². The lowest BCUT2D eigenvalue weighted by Gasteiger charge is -2.25. The van der Waals surface area contributed by atoms with E-state index in [1.807, 2.05) is 45.0 Å². The average Bonchev–Trinajstić information content (AvgIpc) is 2.46. The second-order valence-electron chi connectivity index (χ2n) is 5.01. The maximum Gasteiger partial charge on any atom is 0.229 e. The zero-order chi connectivity index (χ0) is 13.3. The van der Waals surface area contributed by atoms with Gasteiger partial charge in [0.2, 0.25) is 11.8 Å². The fourth-order valence-corrected chi connectivity index (χ4v) is 2.05. The summed E-state index contributed by atoms with van der Waals surface area (Å²) in [6, 6.07) is 7.43. The molecule has 0 saturated heterocycles. The van der Waals surface area contributed by atoms with Crippen LogP contribution in [-0.2, 0) is 9.59 Å². The van der Waals surface area contributed by atoms with Crippen LogP contribution in [0.3, 0.4) is 0 Å². The highest BCUT2D eigenvalue weighted by molar-refractivity contribution is 6.04. The molecule has 0 fully saturated rings. The van der Waals surface area contributed by atoms with Crippen LogP contribution >= 0.6 is 0 Å². The number of carbonyl (C=O) groups excluding carboxylic acids is 2. The molecule has 1 aliphatic rings. The number of nitrogens with zero attached hydrogens (tertiary/aromatic N) is 1. The number of amides is 2. The largest absolute Gasteiger partial charge is 0.324 e.